The molecule has 1 amide bonds. The lowest BCUT2D eigenvalue weighted by Crippen LogP contribution is -2.45. The van der Waals surface area contributed by atoms with Crippen LogP contribution in [0.5, 0.6) is 11.5 Å². The van der Waals surface area contributed by atoms with E-state index < -0.39 is 22.0 Å². The number of nitrogens with one attached hydrogen (secondary N) is 1. The van der Waals surface area contributed by atoms with Crippen molar-refractivity contribution in [2.75, 3.05) is 30.1 Å². The highest BCUT2D eigenvalue weighted by Crippen LogP contribution is 2.35. The van der Waals surface area contributed by atoms with Crippen molar-refractivity contribution in [2.45, 2.75) is 13.0 Å². The number of anilines is 2. The maximum absolute atomic E-state index is 12.8. The summed E-state index contributed by atoms with van der Waals surface area (Å²) in [7, 11) is -0.973. The number of carbonyl (C=O) groups is 1. The van der Waals surface area contributed by atoms with Gasteiger partial charge in [-0.05, 0) is 37.3 Å². The average Bonchev–Trinajstić information content (AvgIpc) is 2.63. The third-order valence-electron chi connectivity index (χ3n) is 3.90. The predicted molar refractivity (Wildman–Crippen MR) is 111 cm³/mol. The Morgan fingerprint density at radius 1 is 1.07 bits per heavy atom. The van der Waals surface area contributed by atoms with Gasteiger partial charge in [0.1, 0.15) is 17.5 Å². The number of ether oxygens (including phenoxy) is 2. The second kappa shape index (κ2) is 8.89. The Balaban J connectivity index is 2.43. The molecule has 0 radical (unpaired) electrons. The van der Waals surface area contributed by atoms with Gasteiger partial charge < -0.3 is 14.8 Å². The van der Waals surface area contributed by atoms with E-state index in [0.717, 1.165) is 10.6 Å². The highest BCUT2D eigenvalue weighted by atomic mass is 35.5. The van der Waals surface area contributed by atoms with Gasteiger partial charge in [-0.1, -0.05) is 23.2 Å². The van der Waals surface area contributed by atoms with Crippen LogP contribution in [0.3, 0.4) is 0 Å². The van der Waals surface area contributed by atoms with Crippen LogP contribution in [0, 0.1) is 0 Å². The van der Waals surface area contributed by atoms with Gasteiger partial charge in [0, 0.05) is 11.8 Å². The Labute approximate surface area is 174 Å². The van der Waals surface area contributed by atoms with Crippen molar-refractivity contribution in [1.29, 1.82) is 0 Å². The summed E-state index contributed by atoms with van der Waals surface area (Å²) in [4.78, 5) is 12.8. The zero-order valence-electron chi connectivity index (χ0n) is 15.7. The van der Waals surface area contributed by atoms with Crippen LogP contribution in [0.1, 0.15) is 6.92 Å². The second-order valence-corrected chi connectivity index (χ2v) is 8.56. The molecule has 0 heterocycles. The number of amides is 1. The highest BCUT2D eigenvalue weighted by Gasteiger charge is 2.31. The predicted octanol–water partition coefficient (Wildman–Crippen LogP) is 3.80. The molecule has 0 bridgehead atoms. The molecule has 2 aromatic carbocycles. The van der Waals surface area contributed by atoms with Crippen LogP contribution in [0.25, 0.3) is 0 Å². The minimum Gasteiger partial charge on any atom is -0.497 e. The molecule has 0 saturated heterocycles. The average molecular weight is 447 g/mol. The fourth-order valence-corrected chi connectivity index (χ4v) is 4.04. The van der Waals surface area contributed by atoms with Gasteiger partial charge in [0.15, 0.2) is 0 Å². The second-order valence-electron chi connectivity index (χ2n) is 5.89. The number of hydrogen-bond donors (Lipinski definition) is 1. The Hall–Kier alpha value is -2.16. The Morgan fingerprint density at radius 3 is 2.29 bits per heavy atom. The number of rotatable bonds is 7. The summed E-state index contributed by atoms with van der Waals surface area (Å²) < 4.78 is 36.4. The molecule has 2 aromatic rings. The fourth-order valence-electron chi connectivity index (χ4n) is 2.57. The van der Waals surface area contributed by atoms with Crippen LogP contribution in [-0.4, -0.2) is 40.8 Å². The third kappa shape index (κ3) is 5.01. The van der Waals surface area contributed by atoms with Crippen molar-refractivity contribution in [3.63, 3.8) is 0 Å². The molecule has 0 aliphatic carbocycles. The first-order valence-corrected chi connectivity index (χ1v) is 10.7. The van der Waals surface area contributed by atoms with Gasteiger partial charge in [-0.2, -0.15) is 0 Å². The minimum atomic E-state index is -3.84. The van der Waals surface area contributed by atoms with E-state index in [9.17, 15) is 13.2 Å². The smallest absolute Gasteiger partial charge is 0.247 e. The van der Waals surface area contributed by atoms with Crippen molar-refractivity contribution in [3.05, 3.63) is 46.4 Å². The molecule has 10 heteroatoms. The van der Waals surface area contributed by atoms with Gasteiger partial charge in [-0.15, -0.1) is 0 Å². The normalized spacial score (nSPS) is 12.2. The molecule has 0 aliphatic heterocycles. The standard InChI is InChI=1S/C18H20Cl2N2O5S/c1-11(18(23)21-12-5-7-14(19)15(20)9-12)22(28(4,24)25)16-10-13(26-2)6-8-17(16)27-3/h5-11H,1-4H3,(H,21,23)/t11-/m1/s1. The maximum Gasteiger partial charge on any atom is 0.247 e. The number of carbonyl (C=O) groups excluding carboxylic acids is 1. The van der Waals surface area contributed by atoms with Crippen LogP contribution in [0.4, 0.5) is 11.4 Å². The van der Waals surface area contributed by atoms with Gasteiger partial charge >= 0.3 is 0 Å². The zero-order chi connectivity index (χ0) is 21.1. The first-order chi connectivity index (χ1) is 13.1. The van der Waals surface area contributed by atoms with E-state index in [1.54, 1.807) is 18.2 Å². The quantitative estimate of drug-likeness (QED) is 0.698. The van der Waals surface area contributed by atoms with Crippen LogP contribution >= 0.6 is 23.2 Å². The maximum atomic E-state index is 12.8. The van der Waals surface area contributed by atoms with Gasteiger partial charge in [0.2, 0.25) is 15.9 Å². The first-order valence-electron chi connectivity index (χ1n) is 8.05. The van der Waals surface area contributed by atoms with Crippen molar-refractivity contribution < 1.29 is 22.7 Å². The van der Waals surface area contributed by atoms with Gasteiger partial charge in [-0.25, -0.2) is 8.42 Å². The molecular formula is C18H20Cl2N2O5S. The molecule has 2 rings (SSSR count). The van der Waals surface area contributed by atoms with Crippen molar-refractivity contribution in [1.82, 2.24) is 0 Å². The topological polar surface area (TPSA) is 84.9 Å². The van der Waals surface area contributed by atoms with Gasteiger partial charge in [0.25, 0.3) is 0 Å². The summed E-state index contributed by atoms with van der Waals surface area (Å²) in [6.45, 7) is 1.47. The van der Waals surface area contributed by atoms with E-state index in [2.05, 4.69) is 5.32 Å². The largest absolute Gasteiger partial charge is 0.497 e. The number of sulfonamides is 1. The van der Waals surface area contributed by atoms with E-state index in [1.165, 1.54) is 39.3 Å². The van der Waals surface area contributed by atoms with Crippen LogP contribution in [0.15, 0.2) is 36.4 Å². The Morgan fingerprint density at radius 2 is 1.75 bits per heavy atom. The number of hydrogen-bond acceptors (Lipinski definition) is 5. The fraction of sp³-hybridized carbons (Fsp3) is 0.278. The van der Waals surface area contributed by atoms with E-state index in [0.29, 0.717) is 16.5 Å². The SMILES string of the molecule is COc1ccc(OC)c(N([C@H](C)C(=O)Nc2ccc(Cl)c(Cl)c2)S(C)(=O)=O)c1. The number of benzene rings is 2. The Kier molecular flexibility index (Phi) is 7.03. The summed E-state index contributed by atoms with van der Waals surface area (Å²) in [5.41, 5.74) is 0.568. The van der Waals surface area contributed by atoms with Crippen LogP contribution in [-0.2, 0) is 14.8 Å². The molecule has 152 valence electrons. The third-order valence-corrected chi connectivity index (χ3v) is 5.87. The molecule has 28 heavy (non-hydrogen) atoms. The van der Waals surface area contributed by atoms with Crippen molar-refractivity contribution in [2.24, 2.45) is 0 Å². The van der Waals surface area contributed by atoms with E-state index >= 15 is 0 Å². The summed E-state index contributed by atoms with van der Waals surface area (Å²) in [6.07, 6.45) is 1.01. The molecule has 0 aromatic heterocycles. The molecule has 0 aliphatic rings. The van der Waals surface area contributed by atoms with E-state index in [1.807, 2.05) is 0 Å². The molecule has 0 unspecified atom stereocenters. The first kappa shape index (κ1) is 22.1. The molecule has 1 atom stereocenters. The molecule has 0 saturated carbocycles. The Bertz CT molecular complexity index is 982. The highest BCUT2D eigenvalue weighted by molar-refractivity contribution is 7.92. The number of halogens is 2. The summed E-state index contributed by atoms with van der Waals surface area (Å²) >= 11 is 11.8. The number of methoxy groups -OCH3 is 2. The van der Waals surface area contributed by atoms with E-state index in [-0.39, 0.29) is 16.5 Å². The molecule has 1 N–H and O–H groups in total. The lowest BCUT2D eigenvalue weighted by molar-refractivity contribution is -0.116. The minimum absolute atomic E-state index is 0.182. The van der Waals surface area contributed by atoms with Gasteiger partial charge in [0.05, 0.1) is 36.2 Å². The molecule has 0 fully saturated rings. The summed E-state index contributed by atoms with van der Waals surface area (Å²) in [6, 6.07) is 8.16. The van der Waals surface area contributed by atoms with Crippen molar-refractivity contribution in [3.8, 4) is 11.5 Å². The van der Waals surface area contributed by atoms with Crippen LogP contribution in [0.2, 0.25) is 10.0 Å². The monoisotopic (exact) mass is 446 g/mol. The van der Waals surface area contributed by atoms with Gasteiger partial charge in [-0.3, -0.25) is 9.10 Å². The lowest BCUT2D eigenvalue weighted by atomic mass is 10.2. The summed E-state index contributed by atoms with van der Waals surface area (Å²) in [5.74, 6) is 0.135. The molecule has 0 spiro atoms. The zero-order valence-corrected chi connectivity index (χ0v) is 18.0. The van der Waals surface area contributed by atoms with E-state index in [4.69, 9.17) is 32.7 Å². The number of nitrogens with zero attached hydrogens (tertiary/aromatic N) is 1. The van der Waals surface area contributed by atoms with Crippen LogP contribution < -0.4 is 19.1 Å². The molecule has 7 nitrogen and oxygen atoms in total. The van der Waals surface area contributed by atoms with Crippen molar-refractivity contribution >= 4 is 50.5 Å². The summed E-state index contributed by atoms with van der Waals surface area (Å²) in [5, 5.41) is 3.24. The molecular weight excluding hydrogens is 427 g/mol. The lowest BCUT2D eigenvalue weighted by Gasteiger charge is -2.29.